The fourth-order valence-electron chi connectivity index (χ4n) is 2.63. The van der Waals surface area contributed by atoms with Gasteiger partial charge in [0.15, 0.2) is 0 Å². The molecule has 0 spiro atoms. The molecule has 0 aliphatic rings. The smallest absolute Gasteiger partial charge is 0.262 e. The van der Waals surface area contributed by atoms with E-state index in [1.165, 1.54) is 15.2 Å². The molecule has 0 atom stereocenters. The molecule has 2 heterocycles. The number of aromatic nitrogens is 1. The summed E-state index contributed by atoms with van der Waals surface area (Å²) in [6, 6.07) is 20.0. The number of rotatable bonds is 3. The monoisotopic (exact) mass is 479 g/mol. The molecule has 0 aliphatic heterocycles. The Hall–Kier alpha value is -1.63. The largest absolute Gasteiger partial charge is 1.00 e. The van der Waals surface area contributed by atoms with Crippen molar-refractivity contribution in [2.24, 2.45) is 7.05 Å². The summed E-state index contributed by atoms with van der Waals surface area (Å²) in [5.74, 6) is 1.67. The van der Waals surface area contributed by atoms with E-state index in [4.69, 9.17) is 16.0 Å². The van der Waals surface area contributed by atoms with Crippen LogP contribution in [0.15, 0.2) is 65.1 Å². The van der Waals surface area contributed by atoms with Gasteiger partial charge in [0.05, 0.1) is 0 Å². The van der Waals surface area contributed by atoms with Crippen molar-refractivity contribution in [2.75, 3.05) is 0 Å². The highest BCUT2D eigenvalue weighted by Crippen LogP contribution is 2.25. The van der Waals surface area contributed by atoms with Crippen LogP contribution in [0, 0.1) is 0 Å². The highest BCUT2D eigenvalue weighted by molar-refractivity contribution is 7.18. The molecule has 2 aromatic carbocycles. The van der Waals surface area contributed by atoms with Crippen molar-refractivity contribution >= 4 is 45.3 Å². The molecule has 2 aromatic heterocycles. The van der Waals surface area contributed by atoms with Gasteiger partial charge in [0.1, 0.15) is 23.3 Å². The Kier molecular flexibility index (Phi) is 5.61. The third-order valence-corrected chi connectivity index (χ3v) is 5.35. The fourth-order valence-corrected chi connectivity index (χ4v) is 3.81. The van der Waals surface area contributed by atoms with Gasteiger partial charge < -0.3 is 28.4 Å². The van der Waals surface area contributed by atoms with Crippen LogP contribution in [0.4, 0.5) is 0 Å². The van der Waals surface area contributed by atoms with E-state index in [9.17, 15) is 0 Å². The van der Waals surface area contributed by atoms with Crippen LogP contribution in [0.25, 0.3) is 33.7 Å². The summed E-state index contributed by atoms with van der Waals surface area (Å²) in [6.07, 6.45) is 4.10. The number of nitrogens with zero attached hydrogens (tertiary/aromatic N) is 1. The molecule has 0 fully saturated rings. The summed E-state index contributed by atoms with van der Waals surface area (Å²) in [7, 11) is 2.08. The lowest BCUT2D eigenvalue weighted by Gasteiger charge is -1.96. The van der Waals surface area contributed by atoms with Crippen LogP contribution in [0.3, 0.4) is 0 Å². The number of benzene rings is 2. The van der Waals surface area contributed by atoms with Gasteiger partial charge in [0, 0.05) is 22.7 Å². The maximum Gasteiger partial charge on any atom is 0.262 e. The van der Waals surface area contributed by atoms with Crippen molar-refractivity contribution in [3.05, 3.63) is 76.5 Å². The zero-order valence-corrected chi connectivity index (χ0v) is 17.2. The summed E-state index contributed by atoms with van der Waals surface area (Å²) < 4.78 is 9.38. The Balaban J connectivity index is 0.00000182. The molecule has 0 radical (unpaired) electrons. The Labute approximate surface area is 172 Å². The molecule has 5 heteroatoms. The Morgan fingerprint density at radius 2 is 1.72 bits per heavy atom. The number of thiazole rings is 1. The average Bonchev–Trinajstić information content (AvgIpc) is 3.19. The first-order chi connectivity index (χ1) is 11.7. The molecular weight excluding hydrogens is 465 g/mol. The van der Waals surface area contributed by atoms with Crippen LogP contribution in [0.1, 0.15) is 10.8 Å². The normalized spacial score (nSPS) is 11.1. The first-order valence-electron chi connectivity index (χ1n) is 7.62. The van der Waals surface area contributed by atoms with E-state index in [0.29, 0.717) is 0 Å². The fraction of sp³-hybridized carbons (Fsp3) is 0.0500. The zero-order chi connectivity index (χ0) is 16.5. The average molecular weight is 480 g/mol. The molecular formula is C20H15ClINOS. The van der Waals surface area contributed by atoms with Crippen molar-refractivity contribution in [3.8, 4) is 11.3 Å². The highest BCUT2D eigenvalue weighted by Gasteiger charge is 2.13. The van der Waals surface area contributed by atoms with Gasteiger partial charge in [-0.2, -0.15) is 4.57 Å². The number of halogens is 2. The Morgan fingerprint density at radius 3 is 2.48 bits per heavy atom. The number of hydrogen-bond acceptors (Lipinski definition) is 2. The van der Waals surface area contributed by atoms with E-state index in [0.717, 1.165) is 22.1 Å². The minimum absolute atomic E-state index is 0. The van der Waals surface area contributed by atoms with Crippen LogP contribution >= 0.6 is 22.9 Å². The maximum atomic E-state index is 5.93. The third kappa shape index (κ3) is 3.81. The van der Waals surface area contributed by atoms with E-state index in [1.54, 1.807) is 11.3 Å². The molecule has 2 nitrogen and oxygen atoms in total. The van der Waals surface area contributed by atoms with Gasteiger partial charge in [-0.1, -0.05) is 35.1 Å². The lowest BCUT2D eigenvalue weighted by molar-refractivity contribution is -0.642. The molecule has 0 amide bonds. The number of hydrogen-bond donors (Lipinski definition) is 0. The van der Waals surface area contributed by atoms with Gasteiger partial charge in [-0.3, -0.25) is 0 Å². The van der Waals surface area contributed by atoms with Crippen molar-refractivity contribution in [1.29, 1.82) is 0 Å². The summed E-state index contributed by atoms with van der Waals surface area (Å²) in [5, 5.41) is 1.91. The van der Waals surface area contributed by atoms with Crippen LogP contribution in [-0.2, 0) is 7.05 Å². The second kappa shape index (κ2) is 7.72. The van der Waals surface area contributed by atoms with Crippen LogP contribution in [-0.4, -0.2) is 0 Å². The SMILES string of the molecule is C[n+]1c(/C=C/c2ccc(-c3ccc(Cl)cc3)o2)sc2ccccc21.[I-]. The van der Waals surface area contributed by atoms with E-state index >= 15 is 0 Å². The van der Waals surface area contributed by atoms with Crippen molar-refractivity contribution in [1.82, 2.24) is 0 Å². The van der Waals surface area contributed by atoms with Crippen LogP contribution < -0.4 is 28.5 Å². The van der Waals surface area contributed by atoms with Gasteiger partial charge in [-0.05, 0) is 48.5 Å². The second-order valence-electron chi connectivity index (χ2n) is 5.51. The second-order valence-corrected chi connectivity index (χ2v) is 7.01. The molecule has 0 aliphatic carbocycles. The van der Waals surface area contributed by atoms with Gasteiger partial charge in [0.25, 0.3) is 5.01 Å². The van der Waals surface area contributed by atoms with Gasteiger partial charge in [-0.25, -0.2) is 0 Å². The molecule has 25 heavy (non-hydrogen) atoms. The van der Waals surface area contributed by atoms with Crippen LogP contribution in [0.5, 0.6) is 0 Å². The highest BCUT2D eigenvalue weighted by atomic mass is 127. The summed E-state index contributed by atoms with van der Waals surface area (Å²) in [4.78, 5) is 0. The Morgan fingerprint density at radius 1 is 0.960 bits per heavy atom. The van der Waals surface area contributed by atoms with E-state index < -0.39 is 0 Å². The van der Waals surface area contributed by atoms with E-state index in [-0.39, 0.29) is 24.0 Å². The lowest BCUT2D eigenvalue weighted by Crippen LogP contribution is -3.00. The molecule has 0 saturated carbocycles. The standard InChI is InChI=1S/C20H15ClNOS.HI/c1-22-17-4-2-3-5-19(17)24-20(22)13-11-16-10-12-18(23-16)14-6-8-15(21)9-7-14;/h2-13H,1H3;1H/q+1;/p-1/b13-11+;. The van der Waals surface area contributed by atoms with Gasteiger partial charge in [0.2, 0.25) is 5.52 Å². The van der Waals surface area contributed by atoms with Gasteiger partial charge in [-0.15, -0.1) is 0 Å². The molecule has 126 valence electrons. The zero-order valence-electron chi connectivity index (χ0n) is 13.4. The number of aryl methyl sites for hydroxylation is 1. The molecule has 0 unspecified atom stereocenters. The maximum absolute atomic E-state index is 5.93. The first kappa shape index (κ1) is 18.2. The minimum atomic E-state index is 0. The number of fused-ring (bicyclic) bond motifs is 1. The molecule has 0 N–H and O–H groups in total. The number of furan rings is 1. The molecule has 4 rings (SSSR count). The van der Waals surface area contributed by atoms with E-state index in [1.807, 2.05) is 42.5 Å². The predicted molar refractivity (Wildman–Crippen MR) is 101 cm³/mol. The first-order valence-corrected chi connectivity index (χ1v) is 8.81. The van der Waals surface area contributed by atoms with Crippen molar-refractivity contribution in [3.63, 3.8) is 0 Å². The third-order valence-electron chi connectivity index (χ3n) is 3.92. The van der Waals surface area contributed by atoms with Crippen molar-refractivity contribution in [2.45, 2.75) is 0 Å². The topological polar surface area (TPSA) is 17.0 Å². The summed E-state index contributed by atoms with van der Waals surface area (Å²) in [6.45, 7) is 0. The predicted octanol–water partition coefficient (Wildman–Crippen LogP) is 2.81. The van der Waals surface area contributed by atoms with Crippen molar-refractivity contribution < 1.29 is 33.0 Å². The van der Waals surface area contributed by atoms with Crippen LogP contribution in [0.2, 0.25) is 5.02 Å². The van der Waals surface area contributed by atoms with Gasteiger partial charge >= 0.3 is 0 Å². The van der Waals surface area contributed by atoms with E-state index in [2.05, 4.69) is 42.0 Å². The lowest BCUT2D eigenvalue weighted by atomic mass is 10.2. The number of para-hydroxylation sites is 1. The Bertz CT molecular complexity index is 1030. The quantitative estimate of drug-likeness (QED) is 0.326. The molecule has 4 aromatic rings. The summed E-state index contributed by atoms with van der Waals surface area (Å²) >= 11 is 7.69. The molecule has 0 saturated heterocycles. The minimum Gasteiger partial charge on any atom is -1.00 e. The molecule has 0 bridgehead atoms. The summed E-state index contributed by atoms with van der Waals surface area (Å²) in [5.41, 5.74) is 2.26.